The molecule has 30 heavy (non-hydrogen) atoms. The van der Waals surface area contributed by atoms with Gasteiger partial charge in [-0.2, -0.15) is 0 Å². The van der Waals surface area contributed by atoms with Crippen molar-refractivity contribution in [3.8, 4) is 11.3 Å². The predicted octanol–water partition coefficient (Wildman–Crippen LogP) is 1.83. The molecule has 2 aromatic heterocycles. The lowest BCUT2D eigenvalue weighted by Crippen LogP contribution is -2.48. The smallest absolute Gasteiger partial charge is 0.242 e. The number of pyridine rings is 2. The summed E-state index contributed by atoms with van der Waals surface area (Å²) < 4.78 is 26.2. The minimum absolute atomic E-state index is 0.0592. The summed E-state index contributed by atoms with van der Waals surface area (Å²) in [4.78, 5) is 25.3. The van der Waals surface area contributed by atoms with Crippen molar-refractivity contribution in [2.75, 3.05) is 45.7 Å². The molecule has 1 aliphatic rings. The molecule has 1 amide bonds. The summed E-state index contributed by atoms with van der Waals surface area (Å²) in [5.74, 6) is 0.0592. The minimum atomic E-state index is -3.54. The van der Waals surface area contributed by atoms with E-state index in [4.69, 9.17) is 4.98 Å². The molecular weight excluding hydrogens is 402 g/mol. The van der Waals surface area contributed by atoms with Gasteiger partial charge in [0.05, 0.1) is 28.3 Å². The van der Waals surface area contributed by atoms with E-state index < -0.39 is 10.0 Å². The molecule has 9 heteroatoms. The average molecular weight is 426 g/mol. The van der Waals surface area contributed by atoms with E-state index in [1.807, 2.05) is 29.2 Å². The summed E-state index contributed by atoms with van der Waals surface area (Å²) in [7, 11) is 1.27. The Morgan fingerprint density at radius 3 is 2.60 bits per heavy atom. The third kappa shape index (κ3) is 3.61. The Bertz CT molecular complexity index is 1230. The molecule has 1 aromatic carbocycles. The lowest BCUT2D eigenvalue weighted by molar-refractivity contribution is -0.129. The summed E-state index contributed by atoms with van der Waals surface area (Å²) >= 11 is 0. The van der Waals surface area contributed by atoms with Gasteiger partial charge in [-0.25, -0.2) is 17.7 Å². The molecule has 1 saturated heterocycles. The topological polar surface area (TPSA) is 86.7 Å². The first kappa shape index (κ1) is 20.2. The Morgan fingerprint density at radius 1 is 1.07 bits per heavy atom. The summed E-state index contributed by atoms with van der Waals surface area (Å²) in [5, 5.41) is 0. The first-order valence-electron chi connectivity index (χ1n) is 9.55. The van der Waals surface area contributed by atoms with Crippen LogP contribution in [-0.2, 0) is 14.8 Å². The third-order valence-corrected chi connectivity index (χ3v) is 7.08. The highest BCUT2D eigenvalue weighted by molar-refractivity contribution is 7.89. The molecule has 8 nitrogen and oxygen atoms in total. The number of fused-ring (bicyclic) bond motifs is 1. The Hall–Kier alpha value is -3.04. The summed E-state index contributed by atoms with van der Waals surface area (Å²) in [6, 6.07) is 12.3. The third-order valence-electron chi connectivity index (χ3n) is 5.27. The van der Waals surface area contributed by atoms with Crippen LogP contribution in [0.15, 0.2) is 53.6 Å². The Morgan fingerprint density at radius 2 is 1.87 bits per heavy atom. The number of piperazine rings is 1. The van der Waals surface area contributed by atoms with Crippen LogP contribution in [0.5, 0.6) is 0 Å². The number of aromatic nitrogens is 2. The van der Waals surface area contributed by atoms with E-state index in [9.17, 15) is 13.2 Å². The predicted molar refractivity (Wildman–Crippen MR) is 116 cm³/mol. The highest BCUT2D eigenvalue weighted by Crippen LogP contribution is 2.29. The van der Waals surface area contributed by atoms with Gasteiger partial charge in [0.2, 0.25) is 15.9 Å². The fraction of sp³-hybridized carbons (Fsp3) is 0.286. The molecule has 0 radical (unpaired) electrons. The molecule has 0 spiro atoms. The molecule has 0 saturated carbocycles. The maximum atomic E-state index is 12.5. The second-order valence-corrected chi connectivity index (χ2v) is 9.60. The largest absolute Gasteiger partial charge is 0.359 e. The zero-order valence-corrected chi connectivity index (χ0v) is 17.9. The Labute approximate surface area is 175 Å². The zero-order valence-electron chi connectivity index (χ0n) is 17.1. The van der Waals surface area contributed by atoms with E-state index in [1.165, 1.54) is 18.4 Å². The second-order valence-electron chi connectivity index (χ2n) is 7.45. The van der Waals surface area contributed by atoms with Crippen LogP contribution in [0.3, 0.4) is 0 Å². The molecule has 3 heterocycles. The number of carbonyl (C=O) groups excluding carboxylic acids is 1. The van der Waals surface area contributed by atoms with Crippen molar-refractivity contribution in [2.24, 2.45) is 0 Å². The quantitative estimate of drug-likeness (QED) is 0.634. The molecule has 156 valence electrons. The maximum absolute atomic E-state index is 12.5. The van der Waals surface area contributed by atoms with E-state index in [0.29, 0.717) is 29.9 Å². The fourth-order valence-corrected chi connectivity index (χ4v) is 4.37. The van der Waals surface area contributed by atoms with Crippen LogP contribution in [0.25, 0.3) is 22.3 Å². The van der Waals surface area contributed by atoms with Crippen molar-refractivity contribution in [3.05, 3.63) is 48.7 Å². The van der Waals surface area contributed by atoms with Gasteiger partial charge in [-0.3, -0.25) is 9.78 Å². The van der Waals surface area contributed by atoms with Crippen LogP contribution in [-0.4, -0.2) is 74.3 Å². The van der Waals surface area contributed by atoms with Gasteiger partial charge in [-0.15, -0.1) is 0 Å². The van der Waals surface area contributed by atoms with Crippen LogP contribution in [0.1, 0.15) is 0 Å². The van der Waals surface area contributed by atoms with E-state index in [1.54, 1.807) is 36.3 Å². The maximum Gasteiger partial charge on any atom is 0.242 e. The molecule has 0 unspecified atom stereocenters. The molecule has 3 aromatic rings. The van der Waals surface area contributed by atoms with E-state index in [2.05, 4.69) is 4.98 Å². The summed E-state index contributed by atoms with van der Waals surface area (Å²) in [6.07, 6.45) is 1.71. The van der Waals surface area contributed by atoms with E-state index >= 15 is 0 Å². The molecule has 0 atom stereocenters. The Balaban J connectivity index is 1.78. The van der Waals surface area contributed by atoms with Gasteiger partial charge in [0.1, 0.15) is 5.52 Å². The van der Waals surface area contributed by atoms with Gasteiger partial charge in [-0.05, 0) is 30.3 Å². The fourth-order valence-electron chi connectivity index (χ4n) is 3.42. The number of anilines is 1. The molecule has 0 N–H and O–H groups in total. The molecule has 1 fully saturated rings. The molecule has 0 bridgehead atoms. The summed E-state index contributed by atoms with van der Waals surface area (Å²) in [6.45, 7) is 1.65. The normalized spacial score (nSPS) is 15.3. The van der Waals surface area contributed by atoms with Crippen molar-refractivity contribution in [1.29, 1.82) is 0 Å². The molecular formula is C21H23N5O3S. The van der Waals surface area contributed by atoms with Gasteiger partial charge in [0.25, 0.3) is 0 Å². The van der Waals surface area contributed by atoms with Crippen molar-refractivity contribution >= 4 is 32.7 Å². The van der Waals surface area contributed by atoms with Crippen LogP contribution < -0.4 is 4.90 Å². The number of hydrogen-bond donors (Lipinski definition) is 0. The number of likely N-dealkylation sites (N-methyl/N-ethyl adjacent to an activating group) is 1. The number of amides is 1. The van der Waals surface area contributed by atoms with E-state index in [-0.39, 0.29) is 17.3 Å². The highest BCUT2D eigenvalue weighted by atomic mass is 32.2. The number of benzene rings is 1. The standard InChI is InChI=1S/C21H23N5O3S/c1-24(2)30(28,29)16-6-4-5-15(13-16)17-7-8-18-21(23-17)19(9-10-22-18)26-12-11-25(3)20(27)14-26/h4-10,13H,11-12,14H2,1-3H3. The van der Waals surface area contributed by atoms with Crippen molar-refractivity contribution in [1.82, 2.24) is 19.2 Å². The Kier molecular flexibility index (Phi) is 5.17. The van der Waals surface area contributed by atoms with Gasteiger partial charge in [-0.1, -0.05) is 12.1 Å². The average Bonchev–Trinajstić information content (AvgIpc) is 2.75. The van der Waals surface area contributed by atoms with Gasteiger partial charge in [0, 0.05) is 46.0 Å². The van der Waals surface area contributed by atoms with Gasteiger partial charge < -0.3 is 9.80 Å². The number of nitrogens with zero attached hydrogens (tertiary/aromatic N) is 5. The second kappa shape index (κ2) is 7.66. The first-order chi connectivity index (χ1) is 14.3. The summed E-state index contributed by atoms with van der Waals surface area (Å²) in [5.41, 5.74) is 3.60. The van der Waals surface area contributed by atoms with Crippen LogP contribution >= 0.6 is 0 Å². The van der Waals surface area contributed by atoms with Crippen LogP contribution in [0.4, 0.5) is 5.69 Å². The zero-order chi connectivity index (χ0) is 21.5. The van der Waals surface area contributed by atoms with Crippen molar-refractivity contribution in [3.63, 3.8) is 0 Å². The number of sulfonamides is 1. The van der Waals surface area contributed by atoms with Crippen LogP contribution in [0, 0.1) is 0 Å². The number of rotatable bonds is 4. The number of hydrogen-bond acceptors (Lipinski definition) is 6. The van der Waals surface area contributed by atoms with Crippen molar-refractivity contribution < 1.29 is 13.2 Å². The molecule has 4 rings (SSSR count). The van der Waals surface area contributed by atoms with Gasteiger partial charge >= 0.3 is 0 Å². The monoisotopic (exact) mass is 425 g/mol. The minimum Gasteiger partial charge on any atom is -0.359 e. The van der Waals surface area contributed by atoms with E-state index in [0.717, 1.165) is 11.2 Å². The lowest BCUT2D eigenvalue weighted by atomic mass is 10.1. The van der Waals surface area contributed by atoms with Gasteiger partial charge in [0.15, 0.2) is 0 Å². The highest BCUT2D eigenvalue weighted by Gasteiger charge is 2.23. The molecule has 0 aliphatic carbocycles. The number of carbonyl (C=O) groups is 1. The molecule has 1 aliphatic heterocycles. The van der Waals surface area contributed by atoms with Crippen LogP contribution in [0.2, 0.25) is 0 Å². The SMILES string of the molecule is CN1CCN(c2ccnc3ccc(-c4cccc(S(=O)(=O)N(C)C)c4)nc23)CC1=O. The lowest BCUT2D eigenvalue weighted by Gasteiger charge is -2.33. The van der Waals surface area contributed by atoms with Crippen molar-refractivity contribution in [2.45, 2.75) is 4.90 Å². The first-order valence-corrected chi connectivity index (χ1v) is 11.0.